The second kappa shape index (κ2) is 6.44. The van der Waals surface area contributed by atoms with E-state index in [1.54, 1.807) is 0 Å². The molecule has 2 aromatic carbocycles. The van der Waals surface area contributed by atoms with Crippen LogP contribution in [0.3, 0.4) is 0 Å². The van der Waals surface area contributed by atoms with E-state index in [4.69, 9.17) is 0 Å². The molecule has 110 valence electrons. The van der Waals surface area contributed by atoms with Crippen LogP contribution < -0.4 is 10.6 Å². The van der Waals surface area contributed by atoms with E-state index in [0.29, 0.717) is 0 Å². The summed E-state index contributed by atoms with van der Waals surface area (Å²) in [6.45, 7) is 8.55. The number of hydrogen-bond acceptors (Lipinski definition) is 2. The highest BCUT2D eigenvalue weighted by molar-refractivity contribution is 5.90. The Kier molecular flexibility index (Phi) is 4.63. The largest absolute Gasteiger partial charge is 0.381 e. The fraction of sp³-hybridized carbons (Fsp3) is 0.278. The number of rotatable bonds is 4. The lowest BCUT2D eigenvalue weighted by Crippen LogP contribution is -2.08. The molecule has 3 heteroatoms. The van der Waals surface area contributed by atoms with Gasteiger partial charge in [0.1, 0.15) is 0 Å². The van der Waals surface area contributed by atoms with Crippen LogP contribution in [0.15, 0.2) is 36.4 Å². The lowest BCUT2D eigenvalue weighted by atomic mass is 10.0. The molecule has 0 heterocycles. The van der Waals surface area contributed by atoms with Crippen molar-refractivity contribution < 1.29 is 4.79 Å². The maximum absolute atomic E-state index is 11.2. The van der Waals surface area contributed by atoms with Gasteiger partial charge in [-0.05, 0) is 55.2 Å². The van der Waals surface area contributed by atoms with Gasteiger partial charge in [-0.1, -0.05) is 24.3 Å². The molecule has 0 aliphatic rings. The minimum Gasteiger partial charge on any atom is -0.381 e. The smallest absolute Gasteiger partial charge is 0.221 e. The maximum Gasteiger partial charge on any atom is 0.221 e. The quantitative estimate of drug-likeness (QED) is 0.883. The average Bonchev–Trinajstić information content (AvgIpc) is 2.43. The minimum atomic E-state index is -0.0511. The molecule has 0 fully saturated rings. The van der Waals surface area contributed by atoms with E-state index in [-0.39, 0.29) is 5.91 Å². The highest BCUT2D eigenvalue weighted by atomic mass is 16.1. The van der Waals surface area contributed by atoms with Gasteiger partial charge in [-0.3, -0.25) is 4.79 Å². The van der Waals surface area contributed by atoms with Crippen molar-refractivity contribution in [2.24, 2.45) is 0 Å². The van der Waals surface area contributed by atoms with Crippen LogP contribution >= 0.6 is 0 Å². The lowest BCUT2D eigenvalue weighted by molar-refractivity contribution is -0.114. The summed E-state index contributed by atoms with van der Waals surface area (Å²) in [5.74, 6) is -0.0511. The highest BCUT2D eigenvalue weighted by Crippen LogP contribution is 2.21. The van der Waals surface area contributed by atoms with Crippen molar-refractivity contribution in [3.05, 3.63) is 58.7 Å². The molecule has 1 amide bonds. The first-order valence-electron chi connectivity index (χ1n) is 7.14. The molecule has 0 spiro atoms. The summed E-state index contributed by atoms with van der Waals surface area (Å²) in [6, 6.07) is 12.4. The maximum atomic E-state index is 11.2. The van der Waals surface area contributed by atoms with E-state index in [0.717, 1.165) is 23.5 Å². The number of benzene rings is 2. The summed E-state index contributed by atoms with van der Waals surface area (Å²) in [7, 11) is 0. The standard InChI is InChI=1S/C18H22N2O/c1-12-6-5-7-16(14(12)3)11-19-17-9-8-13(2)18(10-17)20-15(4)21/h5-10,19H,11H2,1-4H3,(H,20,21). The van der Waals surface area contributed by atoms with E-state index >= 15 is 0 Å². The Hall–Kier alpha value is -2.29. The molecule has 0 saturated carbocycles. The third-order valence-electron chi connectivity index (χ3n) is 3.75. The third-order valence-corrected chi connectivity index (χ3v) is 3.75. The van der Waals surface area contributed by atoms with Crippen LogP contribution in [0.4, 0.5) is 11.4 Å². The number of aryl methyl sites for hydroxylation is 2. The summed E-state index contributed by atoms with van der Waals surface area (Å²) < 4.78 is 0. The van der Waals surface area contributed by atoms with Crippen LogP contribution in [0.25, 0.3) is 0 Å². The van der Waals surface area contributed by atoms with Crippen LogP contribution in [0, 0.1) is 20.8 Å². The van der Waals surface area contributed by atoms with Gasteiger partial charge in [0.2, 0.25) is 5.91 Å². The van der Waals surface area contributed by atoms with Crippen LogP contribution in [-0.4, -0.2) is 5.91 Å². The second-order valence-electron chi connectivity index (χ2n) is 5.42. The number of carbonyl (C=O) groups is 1. The molecule has 0 radical (unpaired) electrons. The Morgan fingerprint density at radius 3 is 2.52 bits per heavy atom. The topological polar surface area (TPSA) is 41.1 Å². The normalized spacial score (nSPS) is 10.3. The van der Waals surface area contributed by atoms with Crippen molar-refractivity contribution in [3.8, 4) is 0 Å². The molecule has 0 aliphatic heterocycles. The Balaban J connectivity index is 2.13. The SMILES string of the molecule is CC(=O)Nc1cc(NCc2cccc(C)c2C)ccc1C. The summed E-state index contributed by atoms with van der Waals surface area (Å²) in [4.78, 5) is 11.2. The molecular weight excluding hydrogens is 260 g/mol. The van der Waals surface area contributed by atoms with Crippen molar-refractivity contribution in [2.45, 2.75) is 34.2 Å². The van der Waals surface area contributed by atoms with Gasteiger partial charge in [-0.2, -0.15) is 0 Å². The van der Waals surface area contributed by atoms with E-state index in [1.807, 2.05) is 25.1 Å². The molecule has 0 aromatic heterocycles. The average molecular weight is 282 g/mol. The summed E-state index contributed by atoms with van der Waals surface area (Å²) in [5.41, 5.74) is 6.83. The van der Waals surface area contributed by atoms with Gasteiger partial charge in [-0.15, -0.1) is 0 Å². The van der Waals surface area contributed by atoms with E-state index in [9.17, 15) is 4.79 Å². The van der Waals surface area contributed by atoms with Crippen LogP contribution in [-0.2, 0) is 11.3 Å². The fourth-order valence-corrected chi connectivity index (χ4v) is 2.26. The molecule has 3 nitrogen and oxygen atoms in total. The van der Waals surface area contributed by atoms with Gasteiger partial charge in [0.15, 0.2) is 0 Å². The van der Waals surface area contributed by atoms with Gasteiger partial charge >= 0.3 is 0 Å². The molecule has 0 atom stereocenters. The van der Waals surface area contributed by atoms with Crippen molar-refractivity contribution >= 4 is 17.3 Å². The predicted octanol–water partition coefficient (Wildman–Crippen LogP) is 4.18. The van der Waals surface area contributed by atoms with Crippen molar-refractivity contribution in [1.82, 2.24) is 0 Å². The number of carbonyl (C=O) groups excluding carboxylic acids is 1. The third kappa shape index (κ3) is 3.85. The first-order chi connectivity index (χ1) is 9.97. The number of anilines is 2. The molecule has 2 rings (SSSR count). The molecule has 0 unspecified atom stereocenters. The minimum absolute atomic E-state index is 0.0511. The second-order valence-corrected chi connectivity index (χ2v) is 5.42. The van der Waals surface area contributed by atoms with Gasteiger partial charge in [0.25, 0.3) is 0 Å². The summed E-state index contributed by atoms with van der Waals surface area (Å²) in [6.07, 6.45) is 0. The predicted molar refractivity (Wildman–Crippen MR) is 88.7 cm³/mol. The van der Waals surface area contributed by atoms with Crippen molar-refractivity contribution in [3.63, 3.8) is 0 Å². The van der Waals surface area contributed by atoms with E-state index < -0.39 is 0 Å². The van der Waals surface area contributed by atoms with Crippen molar-refractivity contribution in [2.75, 3.05) is 10.6 Å². The number of hydrogen-bond donors (Lipinski definition) is 2. The van der Waals surface area contributed by atoms with Crippen LogP contribution in [0.1, 0.15) is 29.2 Å². The molecule has 2 N–H and O–H groups in total. The zero-order valence-electron chi connectivity index (χ0n) is 13.1. The Labute approximate surface area is 126 Å². The Morgan fingerprint density at radius 2 is 1.81 bits per heavy atom. The lowest BCUT2D eigenvalue weighted by Gasteiger charge is -2.13. The van der Waals surface area contributed by atoms with Crippen molar-refractivity contribution in [1.29, 1.82) is 0 Å². The zero-order chi connectivity index (χ0) is 15.4. The van der Waals surface area contributed by atoms with Gasteiger partial charge < -0.3 is 10.6 Å². The van der Waals surface area contributed by atoms with Gasteiger partial charge in [0, 0.05) is 24.8 Å². The molecular formula is C18H22N2O. The fourth-order valence-electron chi connectivity index (χ4n) is 2.26. The highest BCUT2D eigenvalue weighted by Gasteiger charge is 2.04. The van der Waals surface area contributed by atoms with Gasteiger partial charge in [-0.25, -0.2) is 0 Å². The molecule has 2 aromatic rings. The first-order valence-corrected chi connectivity index (χ1v) is 7.14. The number of amides is 1. The number of nitrogens with one attached hydrogen (secondary N) is 2. The summed E-state index contributed by atoms with van der Waals surface area (Å²) >= 11 is 0. The van der Waals surface area contributed by atoms with E-state index in [2.05, 4.69) is 42.7 Å². The van der Waals surface area contributed by atoms with Gasteiger partial charge in [0.05, 0.1) is 0 Å². The Morgan fingerprint density at radius 1 is 1.05 bits per heavy atom. The first kappa shape index (κ1) is 15.1. The molecule has 0 bridgehead atoms. The summed E-state index contributed by atoms with van der Waals surface area (Å²) in [5, 5.41) is 6.27. The Bertz CT molecular complexity index is 662. The molecule has 0 saturated heterocycles. The van der Waals surface area contributed by atoms with Crippen LogP contribution in [0.5, 0.6) is 0 Å². The van der Waals surface area contributed by atoms with Crippen LogP contribution in [0.2, 0.25) is 0 Å². The monoisotopic (exact) mass is 282 g/mol. The molecule has 0 aliphatic carbocycles. The zero-order valence-corrected chi connectivity index (χ0v) is 13.1. The van der Waals surface area contributed by atoms with E-state index in [1.165, 1.54) is 23.6 Å². The molecule has 21 heavy (non-hydrogen) atoms.